The fourth-order valence-electron chi connectivity index (χ4n) is 2.01. The maximum Gasteiger partial charge on any atom is 0.230 e. The fourth-order valence-corrected chi connectivity index (χ4v) is 3.50. The maximum absolute atomic E-state index is 11.9. The Morgan fingerprint density at radius 2 is 2.09 bits per heavy atom. The summed E-state index contributed by atoms with van der Waals surface area (Å²) in [5.74, 6) is 2.01. The van der Waals surface area contributed by atoms with E-state index in [2.05, 4.69) is 22.6 Å². The molecule has 0 atom stereocenters. The number of nitrogens with zero attached hydrogens (tertiary/aromatic N) is 1. The number of rotatable bonds is 7. The van der Waals surface area contributed by atoms with Gasteiger partial charge in [0.1, 0.15) is 5.69 Å². The van der Waals surface area contributed by atoms with E-state index in [0.717, 1.165) is 22.1 Å². The first-order chi connectivity index (χ1) is 11.3. The third kappa shape index (κ3) is 4.71. The van der Waals surface area contributed by atoms with Crippen molar-refractivity contribution in [2.75, 3.05) is 5.75 Å². The second-order valence-corrected chi connectivity index (χ2v) is 6.85. The molecule has 6 heteroatoms. The molecule has 0 spiro atoms. The molecule has 0 saturated carbocycles. The number of carbonyl (C=O) groups is 1. The van der Waals surface area contributed by atoms with Gasteiger partial charge in [-0.25, -0.2) is 0 Å². The summed E-state index contributed by atoms with van der Waals surface area (Å²) in [6.07, 6.45) is 0. The summed E-state index contributed by atoms with van der Waals surface area (Å²) >= 11 is 3.20. The monoisotopic (exact) mass is 344 g/mol. The van der Waals surface area contributed by atoms with Gasteiger partial charge in [-0.1, -0.05) is 41.6 Å². The van der Waals surface area contributed by atoms with Crippen LogP contribution in [0, 0.1) is 0 Å². The number of amides is 1. The first-order valence-corrected chi connectivity index (χ1v) is 9.22. The smallest absolute Gasteiger partial charge is 0.230 e. The van der Waals surface area contributed by atoms with Crippen molar-refractivity contribution in [1.82, 2.24) is 10.5 Å². The Balaban J connectivity index is 1.41. The Kier molecular flexibility index (Phi) is 5.50. The van der Waals surface area contributed by atoms with Gasteiger partial charge >= 0.3 is 0 Å². The Labute approximate surface area is 142 Å². The van der Waals surface area contributed by atoms with Crippen molar-refractivity contribution in [3.05, 3.63) is 65.2 Å². The van der Waals surface area contributed by atoms with Crippen LogP contribution in [-0.4, -0.2) is 16.8 Å². The molecule has 3 rings (SSSR count). The van der Waals surface area contributed by atoms with E-state index in [4.69, 9.17) is 4.52 Å². The Bertz CT molecular complexity index is 739. The summed E-state index contributed by atoms with van der Waals surface area (Å²) in [6.45, 7) is 0.388. The van der Waals surface area contributed by atoms with E-state index in [1.165, 1.54) is 5.56 Å². The van der Waals surface area contributed by atoms with Gasteiger partial charge in [-0.15, -0.1) is 23.1 Å². The van der Waals surface area contributed by atoms with Gasteiger partial charge in [-0.3, -0.25) is 4.79 Å². The van der Waals surface area contributed by atoms with E-state index in [-0.39, 0.29) is 5.91 Å². The summed E-state index contributed by atoms with van der Waals surface area (Å²) in [6, 6.07) is 15.9. The number of thiophene rings is 1. The van der Waals surface area contributed by atoms with Gasteiger partial charge in [0.15, 0.2) is 5.76 Å². The van der Waals surface area contributed by atoms with Crippen LogP contribution in [0.1, 0.15) is 11.3 Å². The minimum atomic E-state index is 0.00612. The Morgan fingerprint density at radius 3 is 2.87 bits per heavy atom. The van der Waals surface area contributed by atoms with E-state index >= 15 is 0 Å². The van der Waals surface area contributed by atoms with E-state index < -0.39 is 0 Å². The van der Waals surface area contributed by atoms with E-state index in [1.807, 2.05) is 41.8 Å². The molecule has 0 aliphatic carbocycles. The fraction of sp³-hybridized carbons (Fsp3) is 0.176. The summed E-state index contributed by atoms with van der Waals surface area (Å²) in [4.78, 5) is 12.9. The molecule has 23 heavy (non-hydrogen) atoms. The predicted octanol–water partition coefficient (Wildman–Crippen LogP) is 3.95. The molecule has 1 aromatic carbocycles. The van der Waals surface area contributed by atoms with Gasteiger partial charge in [-0.2, -0.15) is 0 Å². The molecular weight excluding hydrogens is 328 g/mol. The quantitative estimate of drug-likeness (QED) is 0.705. The third-order valence-corrected chi connectivity index (χ3v) is 5.02. The lowest BCUT2D eigenvalue weighted by Gasteiger charge is -2.03. The van der Waals surface area contributed by atoms with Crippen molar-refractivity contribution < 1.29 is 9.32 Å². The van der Waals surface area contributed by atoms with Crippen LogP contribution in [0.25, 0.3) is 10.6 Å². The van der Waals surface area contributed by atoms with Gasteiger partial charge in [0.05, 0.1) is 17.2 Å². The van der Waals surface area contributed by atoms with Crippen molar-refractivity contribution in [3.8, 4) is 10.6 Å². The first kappa shape index (κ1) is 15.8. The van der Waals surface area contributed by atoms with Crippen LogP contribution in [0.4, 0.5) is 0 Å². The van der Waals surface area contributed by atoms with Crippen LogP contribution in [0.15, 0.2) is 58.4 Å². The molecule has 0 radical (unpaired) electrons. The number of hydrogen-bond donors (Lipinski definition) is 1. The van der Waals surface area contributed by atoms with Crippen LogP contribution in [0.2, 0.25) is 0 Å². The topological polar surface area (TPSA) is 55.1 Å². The molecule has 2 heterocycles. The highest BCUT2D eigenvalue weighted by Crippen LogP contribution is 2.25. The first-order valence-electron chi connectivity index (χ1n) is 7.19. The van der Waals surface area contributed by atoms with Gasteiger partial charge < -0.3 is 9.84 Å². The molecular formula is C17H16N2O2S2. The normalized spacial score (nSPS) is 10.6. The maximum atomic E-state index is 11.9. The number of hydrogen-bond acceptors (Lipinski definition) is 5. The second kappa shape index (κ2) is 7.99. The summed E-state index contributed by atoms with van der Waals surface area (Å²) in [7, 11) is 0. The molecule has 2 aromatic heterocycles. The molecule has 118 valence electrons. The van der Waals surface area contributed by atoms with Crippen molar-refractivity contribution in [3.63, 3.8) is 0 Å². The SMILES string of the molecule is O=C(CSCc1ccccc1)NCc1cc(-c2cccs2)on1. The summed E-state index contributed by atoms with van der Waals surface area (Å²) in [5, 5.41) is 8.84. The molecule has 0 aliphatic rings. The number of thioether (sulfide) groups is 1. The van der Waals surface area contributed by atoms with Crippen LogP contribution in [0.5, 0.6) is 0 Å². The van der Waals surface area contributed by atoms with Crippen molar-refractivity contribution in [2.45, 2.75) is 12.3 Å². The standard InChI is InChI=1S/C17H16N2O2S2/c20-17(12-22-11-13-5-2-1-3-6-13)18-10-14-9-15(21-19-14)16-7-4-8-23-16/h1-9H,10-12H2,(H,18,20). The molecule has 0 aliphatic heterocycles. The average molecular weight is 344 g/mol. The molecule has 3 aromatic rings. The highest BCUT2D eigenvalue weighted by Gasteiger charge is 2.09. The van der Waals surface area contributed by atoms with E-state index in [9.17, 15) is 4.79 Å². The minimum absolute atomic E-state index is 0.00612. The molecule has 0 bridgehead atoms. The van der Waals surface area contributed by atoms with E-state index in [1.54, 1.807) is 23.1 Å². The van der Waals surface area contributed by atoms with Crippen LogP contribution in [-0.2, 0) is 17.1 Å². The lowest BCUT2D eigenvalue weighted by molar-refractivity contribution is -0.118. The molecule has 0 fully saturated rings. The highest BCUT2D eigenvalue weighted by molar-refractivity contribution is 7.99. The average Bonchev–Trinajstić information content (AvgIpc) is 3.25. The second-order valence-electron chi connectivity index (χ2n) is 4.91. The molecule has 1 N–H and O–H groups in total. The van der Waals surface area contributed by atoms with Gasteiger partial charge in [0.2, 0.25) is 5.91 Å². The zero-order valence-electron chi connectivity index (χ0n) is 12.4. The van der Waals surface area contributed by atoms with Crippen LogP contribution < -0.4 is 5.32 Å². The van der Waals surface area contributed by atoms with Crippen LogP contribution >= 0.6 is 23.1 Å². The largest absolute Gasteiger partial charge is 0.355 e. The molecule has 0 unspecified atom stereocenters. The van der Waals surface area contributed by atoms with Crippen LogP contribution in [0.3, 0.4) is 0 Å². The Morgan fingerprint density at radius 1 is 1.22 bits per heavy atom. The number of aromatic nitrogens is 1. The number of carbonyl (C=O) groups excluding carboxylic acids is 1. The highest BCUT2D eigenvalue weighted by atomic mass is 32.2. The number of nitrogens with one attached hydrogen (secondary N) is 1. The minimum Gasteiger partial charge on any atom is -0.355 e. The van der Waals surface area contributed by atoms with Crippen molar-refractivity contribution >= 4 is 29.0 Å². The third-order valence-electron chi connectivity index (χ3n) is 3.13. The number of benzene rings is 1. The van der Waals surface area contributed by atoms with Crippen molar-refractivity contribution in [1.29, 1.82) is 0 Å². The zero-order chi connectivity index (χ0) is 15.9. The van der Waals surface area contributed by atoms with E-state index in [0.29, 0.717) is 12.3 Å². The Hall–Kier alpha value is -2.05. The molecule has 0 saturated heterocycles. The van der Waals surface area contributed by atoms with Gasteiger partial charge in [0, 0.05) is 11.8 Å². The van der Waals surface area contributed by atoms with Gasteiger partial charge in [-0.05, 0) is 17.0 Å². The summed E-state index contributed by atoms with van der Waals surface area (Å²) < 4.78 is 5.28. The van der Waals surface area contributed by atoms with Gasteiger partial charge in [0.25, 0.3) is 0 Å². The van der Waals surface area contributed by atoms with Crippen molar-refractivity contribution in [2.24, 2.45) is 0 Å². The summed E-state index contributed by atoms with van der Waals surface area (Å²) in [5.41, 5.74) is 1.96. The predicted molar refractivity (Wildman–Crippen MR) is 94.3 cm³/mol. The zero-order valence-corrected chi connectivity index (χ0v) is 14.0. The molecule has 4 nitrogen and oxygen atoms in total. The lowest BCUT2D eigenvalue weighted by atomic mass is 10.2. The molecule has 1 amide bonds. The lowest BCUT2D eigenvalue weighted by Crippen LogP contribution is -2.24.